The van der Waals surface area contributed by atoms with E-state index in [4.69, 9.17) is 4.74 Å². The van der Waals surface area contributed by atoms with Gasteiger partial charge in [-0.2, -0.15) is 5.26 Å². The minimum Gasteiger partial charge on any atom is -0.484 e. The van der Waals surface area contributed by atoms with Crippen LogP contribution in [0.1, 0.15) is 70.8 Å². The molecule has 0 saturated heterocycles. The van der Waals surface area contributed by atoms with Crippen LogP contribution >= 0.6 is 0 Å². The van der Waals surface area contributed by atoms with Crippen LogP contribution in [0.5, 0.6) is 5.75 Å². The minimum atomic E-state index is -0.462. The Bertz CT molecular complexity index is 1000. The molecule has 33 heavy (non-hydrogen) atoms. The average molecular weight is 450 g/mol. The van der Waals surface area contributed by atoms with Gasteiger partial charge in [0.25, 0.3) is 0 Å². The molecule has 4 heteroatoms. The third-order valence-electron chi connectivity index (χ3n) is 10.8. The second kappa shape index (κ2) is 7.82. The lowest BCUT2D eigenvalue weighted by Gasteiger charge is -2.57. The van der Waals surface area contributed by atoms with E-state index in [1.165, 1.54) is 69.6 Å². The predicted molar refractivity (Wildman–Crippen MR) is 124 cm³/mol. The fourth-order valence-corrected chi connectivity index (χ4v) is 9.61. The van der Waals surface area contributed by atoms with E-state index in [1.807, 2.05) is 6.07 Å². The van der Waals surface area contributed by atoms with Crippen molar-refractivity contribution in [2.45, 2.75) is 65.2 Å². The highest BCUT2D eigenvalue weighted by atomic mass is 19.1. The summed E-state index contributed by atoms with van der Waals surface area (Å²) in [6.45, 7) is 4.85. The Labute approximate surface area is 197 Å². The molecule has 0 bridgehead atoms. The van der Waals surface area contributed by atoms with Crippen LogP contribution in [-0.2, 0) is 4.79 Å². The molecule has 0 aromatic heterocycles. The number of Topliss-reactive ketones (excluding diaryl/α,β-unsaturated/α-hetero) is 1. The van der Waals surface area contributed by atoms with Crippen molar-refractivity contribution >= 4 is 5.78 Å². The molecule has 0 N–H and O–H groups in total. The van der Waals surface area contributed by atoms with Crippen molar-refractivity contribution in [2.24, 2.45) is 58.7 Å². The number of nitrogens with zero attached hydrogens (tertiary/aromatic N) is 1. The number of benzene rings is 1. The second-order valence-electron chi connectivity index (χ2n) is 12.4. The van der Waals surface area contributed by atoms with E-state index in [9.17, 15) is 14.4 Å². The van der Waals surface area contributed by atoms with E-state index in [0.29, 0.717) is 17.6 Å². The zero-order valence-corrected chi connectivity index (χ0v) is 19.9. The summed E-state index contributed by atoms with van der Waals surface area (Å²) >= 11 is 0. The number of carbonyl (C=O) groups is 1. The molecule has 6 rings (SSSR count). The lowest BCUT2D eigenvalue weighted by Crippen LogP contribution is -2.51. The number of fused-ring (bicyclic) bond motifs is 7. The van der Waals surface area contributed by atoms with Crippen LogP contribution in [0.15, 0.2) is 18.2 Å². The Balaban J connectivity index is 1.19. The minimum absolute atomic E-state index is 0.00675. The van der Waals surface area contributed by atoms with Crippen molar-refractivity contribution in [3.63, 3.8) is 0 Å². The standard InChI is InChI=1S/C29H36FNO2/c1-16-3-6-20-17(11-16)4-7-22-21(20)9-10-29(2)27(22)23-13-24(23)28(29)25(32)15-33-26-8-5-19(30)12-18(26)14-31/h5,8,12,16-17,20-24,27-28H,3-4,6-7,9-11,13,15H2,1-2H3/t16-,17+,20-,21+,22+,23+,24-,27?,28+,29-/m0/s1. The van der Waals surface area contributed by atoms with E-state index in [1.54, 1.807) is 0 Å². The molecule has 0 radical (unpaired) electrons. The van der Waals surface area contributed by atoms with Crippen LogP contribution in [0, 0.1) is 75.8 Å². The highest BCUT2D eigenvalue weighted by Crippen LogP contribution is 2.74. The van der Waals surface area contributed by atoms with Crippen LogP contribution < -0.4 is 4.74 Å². The lowest BCUT2D eigenvalue weighted by atomic mass is 9.48. The van der Waals surface area contributed by atoms with Gasteiger partial charge in [-0.15, -0.1) is 0 Å². The number of hydrogen-bond donors (Lipinski definition) is 0. The SMILES string of the molecule is C[C@H]1CC[C@H]2[C@H](CC[C@H]3C4[C@@H]5C[C@@H]5[C@H](C(=O)COc5ccc(F)cc5C#N)[C@@]4(C)CC[C@H]23)C1. The maximum atomic E-state index is 13.5. The maximum Gasteiger partial charge on any atom is 0.174 e. The zero-order valence-electron chi connectivity index (χ0n) is 19.9. The van der Waals surface area contributed by atoms with Crippen LogP contribution in [0.25, 0.3) is 0 Å². The molecule has 0 spiro atoms. The molecular formula is C29H36FNO2. The number of halogens is 1. The first-order valence-corrected chi connectivity index (χ1v) is 13.3. The molecule has 10 atom stereocenters. The monoisotopic (exact) mass is 449 g/mol. The first-order valence-electron chi connectivity index (χ1n) is 13.3. The Morgan fingerprint density at radius 2 is 1.91 bits per heavy atom. The summed E-state index contributed by atoms with van der Waals surface area (Å²) in [6.07, 6.45) is 10.8. The summed E-state index contributed by atoms with van der Waals surface area (Å²) < 4.78 is 19.3. The van der Waals surface area contributed by atoms with Gasteiger partial charge in [-0.3, -0.25) is 4.79 Å². The number of carbonyl (C=O) groups excluding carboxylic acids is 1. The third kappa shape index (κ3) is 3.36. The lowest BCUT2D eigenvalue weighted by molar-refractivity contribution is -0.135. The van der Waals surface area contributed by atoms with Crippen molar-refractivity contribution in [3.8, 4) is 11.8 Å². The molecule has 5 aliphatic carbocycles. The topological polar surface area (TPSA) is 50.1 Å². The summed E-state index contributed by atoms with van der Waals surface area (Å²) in [5.41, 5.74) is 0.256. The molecule has 5 saturated carbocycles. The van der Waals surface area contributed by atoms with E-state index in [-0.39, 0.29) is 29.3 Å². The van der Waals surface area contributed by atoms with E-state index < -0.39 is 5.82 Å². The summed E-state index contributed by atoms with van der Waals surface area (Å²) in [4.78, 5) is 13.5. The maximum absolute atomic E-state index is 13.5. The van der Waals surface area contributed by atoms with Crippen molar-refractivity contribution in [1.29, 1.82) is 5.26 Å². The highest BCUT2D eigenvalue weighted by molar-refractivity contribution is 5.84. The quantitative estimate of drug-likeness (QED) is 0.534. The Morgan fingerprint density at radius 3 is 2.73 bits per heavy atom. The second-order valence-corrected chi connectivity index (χ2v) is 12.4. The first kappa shape index (κ1) is 21.6. The van der Waals surface area contributed by atoms with E-state index in [0.717, 1.165) is 35.5 Å². The molecule has 0 heterocycles. The van der Waals surface area contributed by atoms with Gasteiger partial charge >= 0.3 is 0 Å². The van der Waals surface area contributed by atoms with Crippen molar-refractivity contribution in [2.75, 3.05) is 6.61 Å². The first-order chi connectivity index (χ1) is 15.9. The number of rotatable bonds is 4. The van der Waals surface area contributed by atoms with Crippen LogP contribution in [0.2, 0.25) is 0 Å². The van der Waals surface area contributed by atoms with Gasteiger partial charge in [-0.25, -0.2) is 4.39 Å². The number of ketones is 1. The van der Waals surface area contributed by atoms with Gasteiger partial charge in [0.05, 0.1) is 5.56 Å². The van der Waals surface area contributed by atoms with Gasteiger partial charge in [0.2, 0.25) is 0 Å². The fraction of sp³-hybridized carbons (Fsp3) is 0.724. The molecule has 0 amide bonds. The number of hydrogen-bond acceptors (Lipinski definition) is 3. The van der Waals surface area contributed by atoms with E-state index in [2.05, 4.69) is 13.8 Å². The predicted octanol–water partition coefficient (Wildman–Crippen LogP) is 6.41. The van der Waals surface area contributed by atoms with Gasteiger partial charge in [-0.1, -0.05) is 20.3 Å². The summed E-state index contributed by atoms with van der Waals surface area (Å²) in [6, 6.07) is 5.91. The molecular weight excluding hydrogens is 413 g/mol. The Kier molecular flexibility index (Phi) is 5.13. The number of ether oxygens (including phenoxy) is 1. The molecule has 1 aromatic rings. The summed E-state index contributed by atoms with van der Waals surface area (Å²) in [5.74, 6) is 6.59. The molecule has 5 aliphatic rings. The summed E-state index contributed by atoms with van der Waals surface area (Å²) in [7, 11) is 0. The number of nitriles is 1. The van der Waals surface area contributed by atoms with Crippen molar-refractivity contribution in [1.82, 2.24) is 0 Å². The Hall–Kier alpha value is -1.89. The largest absolute Gasteiger partial charge is 0.484 e. The molecule has 3 nitrogen and oxygen atoms in total. The van der Waals surface area contributed by atoms with Gasteiger partial charge < -0.3 is 4.74 Å². The molecule has 0 aliphatic heterocycles. The van der Waals surface area contributed by atoms with Crippen LogP contribution in [-0.4, -0.2) is 12.4 Å². The Morgan fingerprint density at radius 1 is 1.09 bits per heavy atom. The van der Waals surface area contributed by atoms with Crippen LogP contribution in [0.4, 0.5) is 4.39 Å². The molecule has 176 valence electrons. The zero-order chi connectivity index (χ0) is 22.9. The van der Waals surface area contributed by atoms with Crippen LogP contribution in [0.3, 0.4) is 0 Å². The van der Waals surface area contributed by atoms with Gasteiger partial charge in [0, 0.05) is 5.92 Å². The normalized spacial score (nSPS) is 45.1. The van der Waals surface area contributed by atoms with Gasteiger partial charge in [-0.05, 0) is 116 Å². The van der Waals surface area contributed by atoms with Gasteiger partial charge in [0.1, 0.15) is 24.2 Å². The highest BCUT2D eigenvalue weighted by Gasteiger charge is 2.70. The third-order valence-corrected chi connectivity index (χ3v) is 10.8. The molecule has 5 fully saturated rings. The fourth-order valence-electron chi connectivity index (χ4n) is 9.61. The molecule has 1 aromatic carbocycles. The smallest absolute Gasteiger partial charge is 0.174 e. The summed E-state index contributed by atoms with van der Waals surface area (Å²) in [5, 5.41) is 9.29. The van der Waals surface area contributed by atoms with Crippen molar-refractivity contribution < 1.29 is 13.9 Å². The molecule has 1 unspecified atom stereocenters. The van der Waals surface area contributed by atoms with E-state index >= 15 is 0 Å². The average Bonchev–Trinajstić information content (AvgIpc) is 3.51. The van der Waals surface area contributed by atoms with Crippen molar-refractivity contribution in [3.05, 3.63) is 29.6 Å². The van der Waals surface area contributed by atoms with Gasteiger partial charge in [0.15, 0.2) is 5.78 Å².